The molecular formula is C17H16BrNOS. The SMILES string of the molecule is COc1cc(C(Br)Cc2nc3ccccc3s2)ccc1C. The number of benzene rings is 2. The number of fused-ring (bicyclic) bond motifs is 1. The molecule has 0 N–H and O–H groups in total. The molecule has 0 saturated carbocycles. The van der Waals surface area contributed by atoms with Crippen LogP contribution in [0.15, 0.2) is 42.5 Å². The zero-order chi connectivity index (χ0) is 14.8. The maximum atomic E-state index is 5.40. The zero-order valence-corrected chi connectivity index (χ0v) is 14.4. The summed E-state index contributed by atoms with van der Waals surface area (Å²) in [5.74, 6) is 0.932. The van der Waals surface area contributed by atoms with Gasteiger partial charge in [0.1, 0.15) is 5.75 Å². The van der Waals surface area contributed by atoms with Crippen LogP contribution in [0.25, 0.3) is 10.2 Å². The van der Waals surface area contributed by atoms with E-state index in [9.17, 15) is 0 Å². The highest BCUT2D eigenvalue weighted by Crippen LogP contribution is 2.33. The highest BCUT2D eigenvalue weighted by atomic mass is 79.9. The second-order valence-corrected chi connectivity index (χ2v) is 7.20. The normalized spacial score (nSPS) is 12.5. The molecule has 3 rings (SSSR count). The van der Waals surface area contributed by atoms with Crippen molar-refractivity contribution in [3.8, 4) is 5.75 Å². The van der Waals surface area contributed by atoms with Crippen molar-refractivity contribution in [3.05, 3.63) is 58.6 Å². The van der Waals surface area contributed by atoms with Crippen LogP contribution < -0.4 is 4.74 Å². The summed E-state index contributed by atoms with van der Waals surface area (Å²) in [4.78, 5) is 4.94. The lowest BCUT2D eigenvalue weighted by atomic mass is 10.1. The molecule has 0 saturated heterocycles. The minimum Gasteiger partial charge on any atom is -0.496 e. The molecular weight excluding hydrogens is 346 g/mol. The van der Waals surface area contributed by atoms with Crippen molar-refractivity contribution in [1.29, 1.82) is 0 Å². The van der Waals surface area contributed by atoms with E-state index in [1.807, 2.05) is 6.07 Å². The van der Waals surface area contributed by atoms with Crippen LogP contribution >= 0.6 is 27.3 Å². The fourth-order valence-electron chi connectivity index (χ4n) is 2.31. The van der Waals surface area contributed by atoms with Gasteiger partial charge in [0.05, 0.1) is 22.3 Å². The van der Waals surface area contributed by atoms with Gasteiger partial charge < -0.3 is 4.74 Å². The lowest BCUT2D eigenvalue weighted by molar-refractivity contribution is 0.411. The average molecular weight is 362 g/mol. The summed E-state index contributed by atoms with van der Waals surface area (Å²) in [5.41, 5.74) is 3.45. The van der Waals surface area contributed by atoms with E-state index in [1.54, 1.807) is 18.4 Å². The minimum atomic E-state index is 0.243. The predicted octanol–water partition coefficient (Wildman–Crippen LogP) is 5.29. The van der Waals surface area contributed by atoms with Gasteiger partial charge in [-0.15, -0.1) is 11.3 Å². The molecule has 0 aliphatic heterocycles. The van der Waals surface area contributed by atoms with Crippen LogP contribution in [-0.4, -0.2) is 12.1 Å². The summed E-state index contributed by atoms with van der Waals surface area (Å²) >= 11 is 5.54. The third-order valence-electron chi connectivity index (χ3n) is 3.49. The standard InChI is InChI=1S/C17H16BrNOS/c1-11-7-8-12(9-15(11)20-2)13(18)10-17-19-14-5-3-4-6-16(14)21-17/h3-9,13H,10H2,1-2H3. The number of hydrogen-bond donors (Lipinski definition) is 0. The summed E-state index contributed by atoms with van der Waals surface area (Å²) in [7, 11) is 1.71. The highest BCUT2D eigenvalue weighted by Gasteiger charge is 2.13. The number of hydrogen-bond acceptors (Lipinski definition) is 3. The van der Waals surface area contributed by atoms with Gasteiger partial charge in [0, 0.05) is 11.2 Å². The quantitative estimate of drug-likeness (QED) is 0.588. The van der Waals surface area contributed by atoms with E-state index < -0.39 is 0 Å². The second kappa shape index (κ2) is 6.16. The van der Waals surface area contributed by atoms with E-state index in [2.05, 4.69) is 59.3 Å². The van der Waals surface area contributed by atoms with E-state index in [4.69, 9.17) is 9.72 Å². The van der Waals surface area contributed by atoms with Crippen molar-refractivity contribution in [1.82, 2.24) is 4.98 Å². The van der Waals surface area contributed by atoms with Gasteiger partial charge in [0.25, 0.3) is 0 Å². The Labute approximate surface area is 136 Å². The Hall–Kier alpha value is -1.39. The van der Waals surface area contributed by atoms with Gasteiger partial charge in [-0.3, -0.25) is 0 Å². The van der Waals surface area contributed by atoms with Gasteiger partial charge in [0.15, 0.2) is 0 Å². The largest absolute Gasteiger partial charge is 0.496 e. The lowest BCUT2D eigenvalue weighted by Crippen LogP contribution is -1.97. The van der Waals surface area contributed by atoms with Crippen molar-refractivity contribution in [2.75, 3.05) is 7.11 Å². The van der Waals surface area contributed by atoms with Gasteiger partial charge in [0.2, 0.25) is 0 Å². The Kier molecular flexibility index (Phi) is 4.27. The van der Waals surface area contributed by atoms with Crippen LogP contribution in [0.2, 0.25) is 0 Å². The molecule has 0 aliphatic carbocycles. The molecule has 4 heteroatoms. The molecule has 2 aromatic carbocycles. The second-order valence-electron chi connectivity index (χ2n) is 4.98. The first-order chi connectivity index (χ1) is 10.2. The minimum absolute atomic E-state index is 0.243. The number of aryl methyl sites for hydroxylation is 1. The Morgan fingerprint density at radius 3 is 2.81 bits per heavy atom. The van der Waals surface area contributed by atoms with Crippen molar-refractivity contribution in [2.24, 2.45) is 0 Å². The summed E-state index contributed by atoms with van der Waals surface area (Å²) in [6.07, 6.45) is 0.881. The molecule has 0 radical (unpaired) electrons. The number of nitrogens with zero attached hydrogens (tertiary/aromatic N) is 1. The molecule has 0 aliphatic rings. The molecule has 0 amide bonds. The smallest absolute Gasteiger partial charge is 0.122 e. The third kappa shape index (κ3) is 3.11. The van der Waals surface area contributed by atoms with Crippen LogP contribution in [0.3, 0.4) is 0 Å². The first-order valence-electron chi connectivity index (χ1n) is 6.80. The molecule has 0 bridgehead atoms. The molecule has 1 aromatic heterocycles. The van der Waals surface area contributed by atoms with Crippen LogP contribution in [0.5, 0.6) is 5.75 Å². The molecule has 108 valence electrons. The Bertz CT molecular complexity index is 735. The first kappa shape index (κ1) is 14.5. The summed E-state index contributed by atoms with van der Waals surface area (Å²) < 4.78 is 6.64. The van der Waals surface area contributed by atoms with Gasteiger partial charge in [-0.05, 0) is 36.2 Å². The van der Waals surface area contributed by atoms with E-state index in [1.165, 1.54) is 10.3 Å². The summed E-state index contributed by atoms with van der Waals surface area (Å²) in [5, 5.41) is 1.15. The third-order valence-corrected chi connectivity index (χ3v) is 5.40. The summed E-state index contributed by atoms with van der Waals surface area (Å²) in [6.45, 7) is 2.05. The Balaban J connectivity index is 1.83. The Morgan fingerprint density at radius 2 is 2.05 bits per heavy atom. The number of aromatic nitrogens is 1. The number of para-hydroxylation sites is 1. The van der Waals surface area contributed by atoms with Crippen molar-refractivity contribution in [3.63, 3.8) is 0 Å². The molecule has 3 aromatic rings. The monoisotopic (exact) mass is 361 g/mol. The summed E-state index contributed by atoms with van der Waals surface area (Å²) in [6, 6.07) is 14.6. The average Bonchev–Trinajstić information content (AvgIpc) is 2.89. The lowest BCUT2D eigenvalue weighted by Gasteiger charge is -2.11. The maximum Gasteiger partial charge on any atom is 0.122 e. The van der Waals surface area contributed by atoms with Crippen LogP contribution in [0.1, 0.15) is 21.0 Å². The van der Waals surface area contributed by atoms with E-state index >= 15 is 0 Å². The molecule has 1 heterocycles. The molecule has 1 unspecified atom stereocenters. The number of rotatable bonds is 4. The van der Waals surface area contributed by atoms with Crippen LogP contribution in [-0.2, 0) is 6.42 Å². The number of halogens is 1. The van der Waals surface area contributed by atoms with Crippen molar-refractivity contribution in [2.45, 2.75) is 18.2 Å². The van der Waals surface area contributed by atoms with E-state index in [-0.39, 0.29) is 4.83 Å². The van der Waals surface area contributed by atoms with Gasteiger partial charge >= 0.3 is 0 Å². The molecule has 0 fully saturated rings. The number of ether oxygens (including phenoxy) is 1. The molecule has 1 atom stereocenters. The molecule has 0 spiro atoms. The topological polar surface area (TPSA) is 22.1 Å². The van der Waals surface area contributed by atoms with Gasteiger partial charge in [-0.2, -0.15) is 0 Å². The van der Waals surface area contributed by atoms with Gasteiger partial charge in [-0.1, -0.05) is 40.2 Å². The number of alkyl halides is 1. The fourth-order valence-corrected chi connectivity index (χ4v) is 4.13. The molecule has 2 nitrogen and oxygen atoms in total. The van der Waals surface area contributed by atoms with Crippen LogP contribution in [0.4, 0.5) is 0 Å². The van der Waals surface area contributed by atoms with Crippen molar-refractivity contribution >= 4 is 37.5 Å². The van der Waals surface area contributed by atoms with Crippen molar-refractivity contribution < 1.29 is 4.74 Å². The maximum absolute atomic E-state index is 5.40. The Morgan fingerprint density at radius 1 is 1.24 bits per heavy atom. The first-order valence-corrected chi connectivity index (χ1v) is 8.53. The highest BCUT2D eigenvalue weighted by molar-refractivity contribution is 9.09. The number of thiazole rings is 1. The van der Waals surface area contributed by atoms with E-state index in [0.717, 1.165) is 28.3 Å². The predicted molar refractivity (Wildman–Crippen MR) is 92.7 cm³/mol. The van der Waals surface area contributed by atoms with E-state index in [0.29, 0.717) is 0 Å². The van der Waals surface area contributed by atoms with Crippen LogP contribution in [0, 0.1) is 6.92 Å². The number of methoxy groups -OCH3 is 1. The fraction of sp³-hybridized carbons (Fsp3) is 0.235. The van der Waals surface area contributed by atoms with Gasteiger partial charge in [-0.25, -0.2) is 4.98 Å². The zero-order valence-electron chi connectivity index (χ0n) is 12.0. The molecule has 21 heavy (non-hydrogen) atoms.